The van der Waals surface area contributed by atoms with Crippen LogP contribution >= 0.6 is 11.6 Å². The van der Waals surface area contributed by atoms with E-state index in [0.29, 0.717) is 23.3 Å². The zero-order valence-electron chi connectivity index (χ0n) is 20.6. The van der Waals surface area contributed by atoms with Gasteiger partial charge in [0.2, 0.25) is 11.8 Å². The van der Waals surface area contributed by atoms with Crippen LogP contribution in [-0.2, 0) is 16.0 Å². The summed E-state index contributed by atoms with van der Waals surface area (Å²) < 4.78 is 0. The van der Waals surface area contributed by atoms with Crippen LogP contribution in [0.4, 0.5) is 5.82 Å². The first-order valence-corrected chi connectivity index (χ1v) is 12.5. The number of hydrogen-bond acceptors (Lipinski definition) is 4. The Hall–Kier alpha value is -3.42. The van der Waals surface area contributed by atoms with E-state index in [0.717, 1.165) is 30.5 Å². The minimum atomic E-state index is -0.648. The van der Waals surface area contributed by atoms with Gasteiger partial charge >= 0.3 is 0 Å². The second-order valence-corrected chi connectivity index (χ2v) is 9.81. The van der Waals surface area contributed by atoms with Crippen LogP contribution in [0.15, 0.2) is 59.2 Å². The minimum absolute atomic E-state index is 0.147. The highest BCUT2D eigenvalue weighted by molar-refractivity contribution is 6.32. The summed E-state index contributed by atoms with van der Waals surface area (Å²) >= 11 is 6.18. The molecule has 1 aliphatic heterocycles. The first-order chi connectivity index (χ1) is 17.4. The second-order valence-electron chi connectivity index (χ2n) is 9.40. The van der Waals surface area contributed by atoms with E-state index in [2.05, 4.69) is 69.0 Å². The number of carbonyl (C=O) groups is 2. The summed E-state index contributed by atoms with van der Waals surface area (Å²) in [5.74, 6) is 0.544. The van der Waals surface area contributed by atoms with E-state index in [4.69, 9.17) is 11.6 Å². The topological polar surface area (TPSA) is 98.4 Å². The van der Waals surface area contributed by atoms with E-state index in [1.165, 1.54) is 16.3 Å². The summed E-state index contributed by atoms with van der Waals surface area (Å²) in [4.78, 5) is 32.3. The lowest BCUT2D eigenvalue weighted by atomic mass is 9.93. The Bertz CT molecular complexity index is 1290. The number of aromatic amines is 1. The van der Waals surface area contributed by atoms with Crippen LogP contribution in [-0.4, -0.2) is 48.7 Å². The van der Waals surface area contributed by atoms with Crippen molar-refractivity contribution in [3.05, 3.63) is 70.4 Å². The van der Waals surface area contributed by atoms with Gasteiger partial charge in [0.05, 0.1) is 11.1 Å². The Balaban J connectivity index is 1.26. The van der Waals surface area contributed by atoms with Crippen molar-refractivity contribution in [3.8, 4) is 0 Å². The summed E-state index contributed by atoms with van der Waals surface area (Å²) in [6.07, 6.45) is 5.14. The zero-order valence-corrected chi connectivity index (χ0v) is 21.4. The number of rotatable bonds is 9. The highest BCUT2D eigenvalue weighted by atomic mass is 35.5. The molecule has 0 bridgehead atoms. The smallest absolute Gasteiger partial charge is 0.242 e. The third kappa shape index (κ3) is 6.04. The molecule has 0 radical (unpaired) electrons. The van der Waals surface area contributed by atoms with Gasteiger partial charge < -0.3 is 20.9 Å². The number of aliphatic imine (C=N–C) groups is 1. The van der Waals surface area contributed by atoms with Crippen molar-refractivity contribution in [1.82, 2.24) is 20.9 Å². The van der Waals surface area contributed by atoms with E-state index in [1.807, 2.05) is 19.1 Å². The van der Waals surface area contributed by atoms with Crippen LogP contribution in [0.2, 0.25) is 5.02 Å². The Labute approximate surface area is 216 Å². The number of halogens is 1. The first-order valence-electron chi connectivity index (χ1n) is 12.1. The summed E-state index contributed by atoms with van der Waals surface area (Å²) in [6.45, 7) is 8.20. The van der Waals surface area contributed by atoms with Crippen molar-refractivity contribution >= 4 is 52.8 Å². The molecule has 36 heavy (non-hydrogen) atoms. The molecule has 2 amide bonds. The lowest BCUT2D eigenvalue weighted by Gasteiger charge is -2.17. The fraction of sp³-hybridized carbons (Fsp3) is 0.321. The highest BCUT2D eigenvalue weighted by Gasteiger charge is 2.31. The van der Waals surface area contributed by atoms with Crippen molar-refractivity contribution < 1.29 is 9.59 Å². The molecular weight excluding hydrogens is 474 g/mol. The van der Waals surface area contributed by atoms with Crippen molar-refractivity contribution in [2.45, 2.75) is 38.8 Å². The lowest BCUT2D eigenvalue weighted by Crippen LogP contribution is -2.50. The van der Waals surface area contributed by atoms with Crippen LogP contribution in [0.5, 0.6) is 0 Å². The molecule has 4 N–H and O–H groups in total. The van der Waals surface area contributed by atoms with E-state index in [-0.39, 0.29) is 17.9 Å². The second kappa shape index (κ2) is 11.5. The summed E-state index contributed by atoms with van der Waals surface area (Å²) in [5, 5.41) is 12.1. The first kappa shape index (κ1) is 25.7. The summed E-state index contributed by atoms with van der Waals surface area (Å²) in [6, 6.07) is 13.8. The van der Waals surface area contributed by atoms with Gasteiger partial charge in [0, 0.05) is 18.3 Å². The SMILES string of the molecule is C=Nc1[nH]cc(Cl)c1/C=C(\C)CNC(=O)[C@H](C)NC(=O)[C@H]1C[C@H](Cc2cccc3ccccc23)CN1. The number of amides is 2. The molecule has 0 unspecified atom stereocenters. The van der Waals surface area contributed by atoms with Gasteiger partial charge in [-0.1, -0.05) is 59.6 Å². The van der Waals surface area contributed by atoms with Crippen molar-refractivity contribution in [2.75, 3.05) is 13.1 Å². The highest BCUT2D eigenvalue weighted by Crippen LogP contribution is 2.28. The average Bonchev–Trinajstić information content (AvgIpc) is 3.49. The van der Waals surface area contributed by atoms with Gasteiger partial charge in [-0.2, -0.15) is 0 Å². The monoisotopic (exact) mass is 505 g/mol. The average molecular weight is 506 g/mol. The van der Waals surface area contributed by atoms with Gasteiger partial charge in [-0.15, -0.1) is 0 Å². The van der Waals surface area contributed by atoms with Crippen LogP contribution in [0, 0.1) is 5.92 Å². The molecule has 3 aromatic rings. The molecule has 0 aliphatic carbocycles. The maximum Gasteiger partial charge on any atom is 0.242 e. The molecule has 0 saturated carbocycles. The van der Waals surface area contributed by atoms with Crippen molar-refractivity contribution in [1.29, 1.82) is 0 Å². The van der Waals surface area contributed by atoms with Crippen LogP contribution < -0.4 is 16.0 Å². The van der Waals surface area contributed by atoms with E-state index in [1.54, 1.807) is 13.1 Å². The lowest BCUT2D eigenvalue weighted by molar-refractivity contribution is -0.129. The van der Waals surface area contributed by atoms with E-state index < -0.39 is 6.04 Å². The quantitative estimate of drug-likeness (QED) is 0.324. The number of fused-ring (bicyclic) bond motifs is 1. The standard InChI is InChI=1S/C28H32ClN5O2/c1-17(11-23-24(29)16-32-26(23)30-3)14-33-27(35)18(2)34-28(36)25-13-19(15-31-25)12-21-9-6-8-20-7-4-5-10-22(20)21/h4-11,16,18-19,25,31-32H,3,12-15H2,1-2H3,(H,33,35)(H,34,36)/b17-11+/t18-,19-,25+/m0/s1. The zero-order chi connectivity index (χ0) is 25.7. The third-order valence-electron chi connectivity index (χ3n) is 6.62. The summed E-state index contributed by atoms with van der Waals surface area (Å²) in [7, 11) is 0. The molecule has 1 aliphatic rings. The molecule has 0 spiro atoms. The minimum Gasteiger partial charge on any atom is -0.351 e. The van der Waals surface area contributed by atoms with Gasteiger partial charge in [-0.3, -0.25) is 9.59 Å². The number of nitrogens with zero attached hydrogens (tertiary/aromatic N) is 1. The third-order valence-corrected chi connectivity index (χ3v) is 6.93. The largest absolute Gasteiger partial charge is 0.351 e. The van der Waals surface area contributed by atoms with Crippen LogP contribution in [0.3, 0.4) is 0 Å². The van der Waals surface area contributed by atoms with Crippen molar-refractivity contribution in [3.63, 3.8) is 0 Å². The number of aromatic nitrogens is 1. The molecule has 8 heteroatoms. The van der Waals surface area contributed by atoms with Gasteiger partial charge in [-0.25, -0.2) is 4.99 Å². The van der Waals surface area contributed by atoms with Gasteiger partial charge in [0.1, 0.15) is 11.9 Å². The Kier molecular flexibility index (Phi) is 8.23. The normalized spacial score (nSPS) is 18.7. The predicted octanol–water partition coefficient (Wildman–Crippen LogP) is 4.40. The molecule has 3 atom stereocenters. The molecular formula is C28H32ClN5O2. The number of hydrogen-bond donors (Lipinski definition) is 4. The number of nitrogens with one attached hydrogen (secondary N) is 4. The molecule has 1 saturated heterocycles. The maximum absolute atomic E-state index is 12.8. The molecule has 4 rings (SSSR count). The molecule has 2 aromatic carbocycles. The molecule has 1 fully saturated rings. The van der Waals surface area contributed by atoms with Gasteiger partial charge in [0.15, 0.2) is 0 Å². The Morgan fingerprint density at radius 2 is 2.03 bits per heavy atom. The molecule has 1 aromatic heterocycles. The van der Waals surface area contributed by atoms with Crippen LogP contribution in [0.1, 0.15) is 31.4 Å². The maximum atomic E-state index is 12.8. The molecule has 7 nitrogen and oxygen atoms in total. The van der Waals surface area contributed by atoms with E-state index >= 15 is 0 Å². The number of carbonyl (C=O) groups excluding carboxylic acids is 2. The fourth-order valence-electron chi connectivity index (χ4n) is 4.67. The van der Waals surface area contributed by atoms with E-state index in [9.17, 15) is 9.59 Å². The Morgan fingerprint density at radius 1 is 1.25 bits per heavy atom. The van der Waals surface area contributed by atoms with Gasteiger partial charge in [-0.05, 0) is 68.3 Å². The number of H-pyrrole nitrogens is 1. The Morgan fingerprint density at radius 3 is 2.83 bits per heavy atom. The van der Waals surface area contributed by atoms with Gasteiger partial charge in [0.25, 0.3) is 0 Å². The molecule has 2 heterocycles. The predicted molar refractivity (Wildman–Crippen MR) is 147 cm³/mol. The molecule has 188 valence electrons. The summed E-state index contributed by atoms with van der Waals surface area (Å²) in [5.41, 5.74) is 2.92. The fourth-order valence-corrected chi connectivity index (χ4v) is 4.87. The van der Waals surface area contributed by atoms with Crippen molar-refractivity contribution in [2.24, 2.45) is 10.9 Å². The number of benzene rings is 2. The van der Waals surface area contributed by atoms with Crippen LogP contribution in [0.25, 0.3) is 16.8 Å².